The fourth-order valence-corrected chi connectivity index (χ4v) is 2.63. The molecule has 0 atom stereocenters. The van der Waals surface area contributed by atoms with Crippen molar-refractivity contribution < 1.29 is 4.79 Å². The topological polar surface area (TPSA) is 72.4 Å². The molecule has 0 bridgehead atoms. The van der Waals surface area contributed by atoms with E-state index in [1.54, 1.807) is 12.1 Å². The molecule has 102 valence electrons. The molecule has 3 rings (SSSR count). The number of rotatable bonds is 3. The molecule has 2 aromatic carbocycles. The molecule has 0 aliphatic carbocycles. The minimum Gasteiger partial charge on any atom is -0.399 e. The predicted molar refractivity (Wildman–Crippen MR) is 78.8 cm³/mol. The van der Waals surface area contributed by atoms with E-state index in [2.05, 4.69) is 11.0 Å². The molecular formula is C16H17N3O. The average Bonchev–Trinajstić information content (AvgIpc) is 2.80. The van der Waals surface area contributed by atoms with Crippen molar-refractivity contribution in [3.63, 3.8) is 0 Å². The first-order valence-corrected chi connectivity index (χ1v) is 6.60. The predicted octanol–water partition coefficient (Wildman–Crippen LogP) is 1.88. The van der Waals surface area contributed by atoms with E-state index < -0.39 is 0 Å². The summed E-state index contributed by atoms with van der Waals surface area (Å²) >= 11 is 0. The Bertz CT molecular complexity index is 649. The second kappa shape index (κ2) is 4.98. The quantitative estimate of drug-likeness (QED) is 0.834. The van der Waals surface area contributed by atoms with Crippen molar-refractivity contribution in [3.8, 4) is 0 Å². The maximum absolute atomic E-state index is 11.0. The van der Waals surface area contributed by atoms with E-state index >= 15 is 0 Å². The van der Waals surface area contributed by atoms with Crippen molar-refractivity contribution in [1.29, 1.82) is 0 Å². The highest BCUT2D eigenvalue weighted by atomic mass is 16.1. The number of amides is 1. The van der Waals surface area contributed by atoms with Gasteiger partial charge in [0.15, 0.2) is 0 Å². The van der Waals surface area contributed by atoms with Gasteiger partial charge < -0.3 is 11.5 Å². The largest absolute Gasteiger partial charge is 0.399 e. The number of nitrogens with zero attached hydrogens (tertiary/aromatic N) is 1. The molecule has 1 aliphatic heterocycles. The van der Waals surface area contributed by atoms with Gasteiger partial charge in [0, 0.05) is 30.9 Å². The van der Waals surface area contributed by atoms with Gasteiger partial charge in [-0.05, 0) is 41.0 Å². The van der Waals surface area contributed by atoms with Crippen LogP contribution in [0.25, 0.3) is 0 Å². The van der Waals surface area contributed by atoms with Crippen LogP contribution in [0.3, 0.4) is 0 Å². The maximum Gasteiger partial charge on any atom is 0.248 e. The van der Waals surface area contributed by atoms with Crippen LogP contribution in [-0.4, -0.2) is 10.8 Å². The standard InChI is InChI=1S/C16H17N3O/c17-15-6-5-13-9-19(10-14(13)7-15)8-11-1-3-12(4-2-11)16(18)20/h1-7H,8-10,17H2,(H2,18,20). The molecule has 4 heteroatoms. The highest BCUT2D eigenvalue weighted by Gasteiger charge is 2.18. The number of benzene rings is 2. The van der Waals surface area contributed by atoms with Crippen molar-refractivity contribution in [2.75, 3.05) is 5.73 Å². The van der Waals surface area contributed by atoms with Gasteiger partial charge in [-0.3, -0.25) is 9.69 Å². The Morgan fingerprint density at radius 2 is 1.75 bits per heavy atom. The number of nitrogen functional groups attached to an aromatic ring is 1. The van der Waals surface area contributed by atoms with Gasteiger partial charge in [-0.2, -0.15) is 0 Å². The molecule has 0 saturated heterocycles. The Balaban J connectivity index is 1.70. The molecule has 1 heterocycles. The Kier molecular flexibility index (Phi) is 3.16. The lowest BCUT2D eigenvalue weighted by molar-refractivity contribution is 0.100. The molecule has 4 nitrogen and oxygen atoms in total. The van der Waals surface area contributed by atoms with Crippen LogP contribution in [0.1, 0.15) is 27.0 Å². The normalized spacial score (nSPS) is 14.2. The van der Waals surface area contributed by atoms with Gasteiger partial charge in [-0.1, -0.05) is 18.2 Å². The van der Waals surface area contributed by atoms with Gasteiger partial charge in [-0.15, -0.1) is 0 Å². The van der Waals surface area contributed by atoms with Crippen LogP contribution in [0.4, 0.5) is 5.69 Å². The van der Waals surface area contributed by atoms with E-state index in [0.717, 1.165) is 25.3 Å². The number of carbonyl (C=O) groups is 1. The summed E-state index contributed by atoms with van der Waals surface area (Å²) in [6, 6.07) is 13.6. The zero-order valence-corrected chi connectivity index (χ0v) is 11.2. The number of primary amides is 1. The lowest BCUT2D eigenvalue weighted by Gasteiger charge is -2.14. The number of hydrogen-bond donors (Lipinski definition) is 2. The summed E-state index contributed by atoms with van der Waals surface area (Å²) in [5.41, 5.74) is 16.2. The van der Waals surface area contributed by atoms with E-state index in [9.17, 15) is 4.79 Å². The Morgan fingerprint density at radius 1 is 1.05 bits per heavy atom. The SMILES string of the molecule is NC(=O)c1ccc(CN2Cc3ccc(N)cc3C2)cc1. The molecular weight excluding hydrogens is 250 g/mol. The molecule has 2 aromatic rings. The Labute approximate surface area is 118 Å². The van der Waals surface area contributed by atoms with Gasteiger partial charge in [0.2, 0.25) is 5.91 Å². The van der Waals surface area contributed by atoms with Crippen LogP contribution in [0.2, 0.25) is 0 Å². The first-order chi connectivity index (χ1) is 9.61. The third kappa shape index (κ3) is 2.51. The van der Waals surface area contributed by atoms with Crippen molar-refractivity contribution in [2.45, 2.75) is 19.6 Å². The third-order valence-corrected chi connectivity index (χ3v) is 3.66. The lowest BCUT2D eigenvalue weighted by Crippen LogP contribution is -2.16. The van der Waals surface area contributed by atoms with Crippen LogP contribution in [0, 0.1) is 0 Å². The Morgan fingerprint density at radius 3 is 2.45 bits per heavy atom. The monoisotopic (exact) mass is 267 g/mol. The maximum atomic E-state index is 11.0. The summed E-state index contributed by atoms with van der Waals surface area (Å²) in [5.74, 6) is -0.388. The molecule has 1 aliphatic rings. The molecule has 0 radical (unpaired) electrons. The molecule has 0 unspecified atom stereocenters. The number of carbonyl (C=O) groups excluding carboxylic acids is 1. The highest BCUT2D eigenvalue weighted by Crippen LogP contribution is 2.26. The molecule has 0 fully saturated rings. The van der Waals surface area contributed by atoms with Crippen LogP contribution in [0.15, 0.2) is 42.5 Å². The van der Waals surface area contributed by atoms with Crippen molar-refractivity contribution in [1.82, 2.24) is 4.90 Å². The molecule has 20 heavy (non-hydrogen) atoms. The third-order valence-electron chi connectivity index (χ3n) is 3.66. The minimum absolute atomic E-state index is 0.388. The summed E-state index contributed by atoms with van der Waals surface area (Å²) in [5, 5.41) is 0. The molecule has 0 aromatic heterocycles. The van der Waals surface area contributed by atoms with Crippen LogP contribution in [-0.2, 0) is 19.6 Å². The molecule has 0 spiro atoms. The van der Waals surface area contributed by atoms with Crippen molar-refractivity contribution >= 4 is 11.6 Å². The van der Waals surface area contributed by atoms with E-state index in [4.69, 9.17) is 11.5 Å². The summed E-state index contributed by atoms with van der Waals surface area (Å²) in [7, 11) is 0. The average molecular weight is 267 g/mol. The van der Waals surface area contributed by atoms with Gasteiger partial charge in [0.1, 0.15) is 0 Å². The van der Waals surface area contributed by atoms with E-state index in [1.165, 1.54) is 16.7 Å². The van der Waals surface area contributed by atoms with Gasteiger partial charge in [0.25, 0.3) is 0 Å². The first-order valence-electron chi connectivity index (χ1n) is 6.60. The van der Waals surface area contributed by atoms with E-state index in [1.807, 2.05) is 24.3 Å². The number of hydrogen-bond acceptors (Lipinski definition) is 3. The zero-order chi connectivity index (χ0) is 14.1. The van der Waals surface area contributed by atoms with Crippen molar-refractivity contribution in [3.05, 3.63) is 64.7 Å². The van der Waals surface area contributed by atoms with E-state index in [-0.39, 0.29) is 5.91 Å². The van der Waals surface area contributed by atoms with Crippen LogP contribution < -0.4 is 11.5 Å². The van der Waals surface area contributed by atoms with Crippen LogP contribution >= 0.6 is 0 Å². The zero-order valence-electron chi connectivity index (χ0n) is 11.2. The highest BCUT2D eigenvalue weighted by molar-refractivity contribution is 5.92. The second-order valence-electron chi connectivity index (χ2n) is 5.23. The first kappa shape index (κ1) is 12.7. The fraction of sp³-hybridized carbons (Fsp3) is 0.188. The van der Waals surface area contributed by atoms with Gasteiger partial charge in [-0.25, -0.2) is 0 Å². The molecule has 1 amide bonds. The second-order valence-corrected chi connectivity index (χ2v) is 5.23. The smallest absolute Gasteiger partial charge is 0.248 e. The number of fused-ring (bicyclic) bond motifs is 1. The number of anilines is 1. The molecule has 4 N–H and O–H groups in total. The van der Waals surface area contributed by atoms with Crippen molar-refractivity contribution in [2.24, 2.45) is 5.73 Å². The number of nitrogens with two attached hydrogens (primary N) is 2. The van der Waals surface area contributed by atoms with E-state index in [0.29, 0.717) is 5.56 Å². The van der Waals surface area contributed by atoms with Gasteiger partial charge in [0.05, 0.1) is 0 Å². The summed E-state index contributed by atoms with van der Waals surface area (Å²) in [6.45, 7) is 2.71. The summed E-state index contributed by atoms with van der Waals surface area (Å²) in [4.78, 5) is 13.4. The van der Waals surface area contributed by atoms with Crippen LogP contribution in [0.5, 0.6) is 0 Å². The lowest BCUT2D eigenvalue weighted by atomic mass is 10.1. The summed E-state index contributed by atoms with van der Waals surface area (Å²) in [6.07, 6.45) is 0. The Hall–Kier alpha value is -2.33. The molecule has 0 saturated carbocycles. The van der Waals surface area contributed by atoms with Gasteiger partial charge >= 0.3 is 0 Å². The summed E-state index contributed by atoms with van der Waals surface area (Å²) < 4.78 is 0. The minimum atomic E-state index is -0.388. The fourth-order valence-electron chi connectivity index (χ4n) is 2.63.